The summed E-state index contributed by atoms with van der Waals surface area (Å²) in [5.41, 5.74) is 3.22. The number of H-pyrrole nitrogens is 1. The summed E-state index contributed by atoms with van der Waals surface area (Å²) < 4.78 is 13.4. The first-order valence-electron chi connectivity index (χ1n) is 13.1. The Hall–Kier alpha value is -3.79. The summed E-state index contributed by atoms with van der Waals surface area (Å²) in [5, 5.41) is 14.5. The van der Waals surface area contributed by atoms with Gasteiger partial charge in [-0.25, -0.2) is 4.68 Å². The highest BCUT2D eigenvalue weighted by Crippen LogP contribution is 2.31. The van der Waals surface area contributed by atoms with E-state index >= 15 is 0 Å². The Morgan fingerprint density at radius 1 is 1.15 bits per heavy atom. The van der Waals surface area contributed by atoms with Crippen LogP contribution in [0.15, 0.2) is 76.1 Å². The van der Waals surface area contributed by atoms with Crippen LogP contribution in [0.5, 0.6) is 0 Å². The summed E-state index contributed by atoms with van der Waals surface area (Å²) in [6.45, 7) is 4.16. The van der Waals surface area contributed by atoms with E-state index in [4.69, 9.17) is 20.8 Å². The molecule has 39 heavy (non-hydrogen) atoms. The van der Waals surface area contributed by atoms with E-state index < -0.39 is 6.04 Å². The highest BCUT2D eigenvalue weighted by molar-refractivity contribution is 6.30. The minimum atomic E-state index is -0.573. The maximum atomic E-state index is 13.8. The molecule has 1 saturated heterocycles. The fourth-order valence-corrected chi connectivity index (χ4v) is 5.41. The van der Waals surface area contributed by atoms with Crippen molar-refractivity contribution in [2.75, 3.05) is 6.61 Å². The normalized spacial score (nSPS) is 16.3. The number of furan rings is 1. The molecule has 1 N–H and O–H groups in total. The van der Waals surface area contributed by atoms with Crippen molar-refractivity contribution in [1.29, 1.82) is 0 Å². The van der Waals surface area contributed by atoms with Gasteiger partial charge in [0.1, 0.15) is 11.8 Å². The van der Waals surface area contributed by atoms with Gasteiger partial charge in [-0.15, -0.1) is 5.10 Å². The van der Waals surface area contributed by atoms with Crippen LogP contribution >= 0.6 is 11.6 Å². The fraction of sp³-hybridized carbons (Fsp3) is 0.310. The zero-order valence-corrected chi connectivity index (χ0v) is 22.3. The second-order valence-corrected chi connectivity index (χ2v) is 10.4. The molecule has 9 nitrogen and oxygen atoms in total. The predicted octanol–water partition coefficient (Wildman–Crippen LogP) is 5.04. The van der Waals surface area contributed by atoms with Gasteiger partial charge >= 0.3 is 0 Å². The number of hydrogen-bond acceptors (Lipinski definition) is 7. The molecular formula is C29H29ClN6O3. The number of aromatic nitrogens is 5. The molecular weight excluding hydrogens is 516 g/mol. The van der Waals surface area contributed by atoms with Gasteiger partial charge < -0.3 is 14.1 Å². The zero-order valence-electron chi connectivity index (χ0n) is 21.6. The second-order valence-electron chi connectivity index (χ2n) is 9.96. The lowest BCUT2D eigenvalue weighted by Crippen LogP contribution is -2.35. The van der Waals surface area contributed by atoms with Gasteiger partial charge in [-0.1, -0.05) is 41.9 Å². The van der Waals surface area contributed by atoms with Gasteiger partial charge in [0, 0.05) is 23.7 Å². The average molecular weight is 545 g/mol. The van der Waals surface area contributed by atoms with Crippen LogP contribution in [0.1, 0.15) is 47.2 Å². The van der Waals surface area contributed by atoms with Crippen molar-refractivity contribution >= 4 is 22.5 Å². The highest BCUT2D eigenvalue weighted by Gasteiger charge is 2.32. The number of pyridine rings is 1. The van der Waals surface area contributed by atoms with E-state index in [1.807, 2.05) is 67.6 Å². The van der Waals surface area contributed by atoms with Gasteiger partial charge in [0.15, 0.2) is 5.82 Å². The number of fused-ring (bicyclic) bond motifs is 1. The summed E-state index contributed by atoms with van der Waals surface area (Å²) in [7, 11) is 0. The number of para-hydroxylation sites is 1. The smallest absolute Gasteiger partial charge is 0.253 e. The Balaban J connectivity index is 1.50. The van der Waals surface area contributed by atoms with Gasteiger partial charge in [0.2, 0.25) is 0 Å². The summed E-state index contributed by atoms with van der Waals surface area (Å²) in [6.07, 6.45) is 3.63. The Morgan fingerprint density at radius 3 is 2.79 bits per heavy atom. The van der Waals surface area contributed by atoms with Crippen molar-refractivity contribution in [2.45, 2.75) is 51.5 Å². The summed E-state index contributed by atoms with van der Waals surface area (Å²) in [6, 6.07) is 18.8. The van der Waals surface area contributed by atoms with Crippen LogP contribution in [0.25, 0.3) is 10.9 Å². The van der Waals surface area contributed by atoms with E-state index in [1.165, 1.54) is 0 Å². The molecule has 0 amide bonds. The molecule has 6 rings (SSSR count). The molecule has 10 heteroatoms. The number of aromatic amines is 1. The van der Waals surface area contributed by atoms with E-state index in [1.54, 1.807) is 10.9 Å². The Bertz CT molecular complexity index is 1610. The maximum absolute atomic E-state index is 13.8. The molecule has 0 aliphatic carbocycles. The maximum Gasteiger partial charge on any atom is 0.253 e. The van der Waals surface area contributed by atoms with E-state index in [2.05, 4.69) is 25.4 Å². The molecule has 0 bridgehead atoms. The van der Waals surface area contributed by atoms with Crippen LogP contribution in [-0.2, 0) is 24.4 Å². The molecule has 0 radical (unpaired) electrons. The third-order valence-electron chi connectivity index (χ3n) is 7.22. The van der Waals surface area contributed by atoms with Crippen LogP contribution in [0.2, 0.25) is 5.02 Å². The number of halogens is 1. The lowest BCUT2D eigenvalue weighted by Gasteiger charge is -2.30. The molecule has 1 fully saturated rings. The predicted molar refractivity (Wildman–Crippen MR) is 147 cm³/mol. The van der Waals surface area contributed by atoms with Crippen molar-refractivity contribution in [3.63, 3.8) is 0 Å². The Labute approximate surface area is 230 Å². The number of rotatable bonds is 9. The van der Waals surface area contributed by atoms with E-state index in [0.29, 0.717) is 36.0 Å². The largest absolute Gasteiger partial charge is 0.468 e. The molecule has 4 heterocycles. The highest BCUT2D eigenvalue weighted by atomic mass is 35.5. The number of nitrogens with one attached hydrogen (secondary N) is 1. The topological polar surface area (TPSA) is 102 Å². The van der Waals surface area contributed by atoms with Crippen LogP contribution in [-0.4, -0.2) is 42.8 Å². The van der Waals surface area contributed by atoms with Crippen LogP contribution in [0, 0.1) is 6.92 Å². The van der Waals surface area contributed by atoms with Crippen molar-refractivity contribution in [1.82, 2.24) is 30.1 Å². The van der Waals surface area contributed by atoms with Gasteiger partial charge in [0.05, 0.1) is 31.0 Å². The lowest BCUT2D eigenvalue weighted by atomic mass is 10.0. The molecule has 3 aromatic heterocycles. The average Bonchev–Trinajstić information content (AvgIpc) is 3.72. The lowest BCUT2D eigenvalue weighted by molar-refractivity contribution is 0.0901. The van der Waals surface area contributed by atoms with Crippen molar-refractivity contribution in [3.8, 4) is 0 Å². The number of tetrazole rings is 1. The fourth-order valence-electron chi connectivity index (χ4n) is 5.29. The molecule has 200 valence electrons. The monoisotopic (exact) mass is 544 g/mol. The van der Waals surface area contributed by atoms with E-state index in [9.17, 15) is 4.79 Å². The van der Waals surface area contributed by atoms with Crippen LogP contribution < -0.4 is 5.56 Å². The summed E-state index contributed by atoms with van der Waals surface area (Å²) in [4.78, 5) is 19.0. The van der Waals surface area contributed by atoms with Crippen molar-refractivity contribution < 1.29 is 9.15 Å². The van der Waals surface area contributed by atoms with Crippen LogP contribution in [0.4, 0.5) is 0 Å². The number of nitrogens with zero attached hydrogens (tertiary/aromatic N) is 5. The third kappa shape index (κ3) is 5.52. The molecule has 2 atom stereocenters. The van der Waals surface area contributed by atoms with Gasteiger partial charge in [-0.3, -0.25) is 9.69 Å². The summed E-state index contributed by atoms with van der Waals surface area (Å²) >= 11 is 6.18. The number of benzene rings is 2. The van der Waals surface area contributed by atoms with Crippen molar-refractivity contribution in [2.24, 2.45) is 0 Å². The molecule has 0 spiro atoms. The zero-order chi connectivity index (χ0) is 26.8. The minimum absolute atomic E-state index is 0.0280. The first-order valence-corrected chi connectivity index (χ1v) is 13.4. The molecule has 0 saturated carbocycles. The first-order chi connectivity index (χ1) is 19.0. The van der Waals surface area contributed by atoms with Crippen molar-refractivity contribution in [3.05, 3.63) is 111 Å². The molecule has 2 unspecified atom stereocenters. The Morgan fingerprint density at radius 2 is 2.03 bits per heavy atom. The summed E-state index contributed by atoms with van der Waals surface area (Å²) in [5.74, 6) is 1.34. The minimum Gasteiger partial charge on any atom is -0.468 e. The standard InChI is InChI=1S/C29H29ClN6O3/c1-19-5-2-6-21-15-25(29(37)31-26(19)21)27(28-32-33-34-36(28)18-24-8-4-14-39-24)35(17-23-7-3-13-38-23)16-20-9-11-22(30)12-10-20/h2-3,5-7,9-13,15,24,27H,4,8,14,16-18H2,1H3,(H,31,37). The number of hydrogen-bond donors (Lipinski definition) is 1. The first kappa shape index (κ1) is 25.5. The van der Waals surface area contributed by atoms with E-state index in [-0.39, 0.29) is 11.7 Å². The van der Waals surface area contributed by atoms with Gasteiger partial charge in [-0.2, -0.15) is 0 Å². The molecule has 5 aromatic rings. The number of aryl methyl sites for hydroxylation is 1. The second kappa shape index (κ2) is 11.1. The quantitative estimate of drug-likeness (QED) is 0.277. The Kier molecular flexibility index (Phi) is 7.28. The molecule has 1 aliphatic rings. The molecule has 2 aromatic carbocycles. The van der Waals surface area contributed by atoms with Gasteiger partial charge in [-0.05, 0) is 77.0 Å². The van der Waals surface area contributed by atoms with Crippen LogP contribution in [0.3, 0.4) is 0 Å². The third-order valence-corrected chi connectivity index (χ3v) is 7.47. The molecule has 1 aliphatic heterocycles. The SMILES string of the molecule is Cc1cccc2cc(C(c3nnnn3CC3CCCO3)N(Cc3ccc(Cl)cc3)Cc3ccco3)c(=O)[nH]c12. The number of ether oxygens (including phenoxy) is 1. The van der Waals surface area contributed by atoms with Gasteiger partial charge in [0.25, 0.3) is 5.56 Å². The van der Waals surface area contributed by atoms with E-state index in [0.717, 1.165) is 47.2 Å².